The standard InChI is InChI=1S/C8H4F3IN2O3/c9-8(10,11)3-1-4(7(13)15)6(12)5(2-3)14(16)17/h1-2H,(H2,13,15). The van der Waals surface area contributed by atoms with Crippen LogP contribution in [0.4, 0.5) is 18.9 Å². The SMILES string of the molecule is NC(=O)c1cc(C(F)(F)F)cc([N+](=O)[O-])c1I. The van der Waals surface area contributed by atoms with Gasteiger partial charge in [0.25, 0.3) is 5.69 Å². The summed E-state index contributed by atoms with van der Waals surface area (Å²) in [6.07, 6.45) is -4.78. The quantitative estimate of drug-likeness (QED) is 0.499. The normalized spacial score (nSPS) is 11.3. The van der Waals surface area contributed by atoms with Gasteiger partial charge in [0.05, 0.1) is 16.1 Å². The van der Waals surface area contributed by atoms with Gasteiger partial charge < -0.3 is 5.73 Å². The van der Waals surface area contributed by atoms with E-state index in [1.807, 2.05) is 0 Å². The Morgan fingerprint density at radius 3 is 2.29 bits per heavy atom. The van der Waals surface area contributed by atoms with Gasteiger partial charge >= 0.3 is 6.18 Å². The second kappa shape index (κ2) is 4.47. The summed E-state index contributed by atoms with van der Waals surface area (Å²) in [5.74, 6) is -1.15. The van der Waals surface area contributed by atoms with E-state index in [-0.39, 0.29) is 3.57 Å². The molecule has 1 aromatic carbocycles. The molecule has 0 fully saturated rings. The van der Waals surface area contributed by atoms with Crippen LogP contribution < -0.4 is 5.73 Å². The van der Waals surface area contributed by atoms with Gasteiger partial charge in [-0.3, -0.25) is 14.9 Å². The van der Waals surface area contributed by atoms with E-state index in [2.05, 4.69) is 0 Å². The van der Waals surface area contributed by atoms with Gasteiger partial charge in [0.1, 0.15) is 3.57 Å². The zero-order valence-corrected chi connectivity index (χ0v) is 10.1. The van der Waals surface area contributed by atoms with E-state index < -0.39 is 33.8 Å². The number of nitrogens with zero attached hydrogens (tertiary/aromatic N) is 1. The van der Waals surface area contributed by atoms with E-state index in [4.69, 9.17) is 5.73 Å². The lowest BCUT2D eigenvalue weighted by Gasteiger charge is -2.09. The van der Waals surface area contributed by atoms with Gasteiger partial charge in [-0.1, -0.05) is 0 Å². The number of hydrogen-bond acceptors (Lipinski definition) is 3. The lowest BCUT2D eigenvalue weighted by molar-refractivity contribution is -0.386. The molecule has 0 aliphatic rings. The predicted molar refractivity (Wildman–Crippen MR) is 59.3 cm³/mol. The van der Waals surface area contributed by atoms with Crippen LogP contribution in [0.15, 0.2) is 12.1 Å². The molecule has 0 radical (unpaired) electrons. The minimum atomic E-state index is -4.78. The number of halogens is 4. The topological polar surface area (TPSA) is 86.2 Å². The number of carbonyl (C=O) groups is 1. The number of nitro groups is 1. The summed E-state index contributed by atoms with van der Waals surface area (Å²) < 4.78 is 37.1. The number of carbonyl (C=O) groups excluding carboxylic acids is 1. The highest BCUT2D eigenvalue weighted by molar-refractivity contribution is 14.1. The van der Waals surface area contributed by atoms with Crippen LogP contribution in [-0.2, 0) is 6.18 Å². The Hall–Kier alpha value is -1.39. The number of hydrogen-bond donors (Lipinski definition) is 1. The maximum atomic E-state index is 12.4. The van der Waals surface area contributed by atoms with Crippen LogP contribution in [0, 0.1) is 13.7 Å². The second-order valence-electron chi connectivity index (χ2n) is 2.98. The monoisotopic (exact) mass is 360 g/mol. The first-order chi connectivity index (χ1) is 7.64. The number of alkyl halides is 3. The summed E-state index contributed by atoms with van der Waals surface area (Å²) in [5.41, 5.74) is 2.26. The Labute approximate surface area is 106 Å². The average molecular weight is 360 g/mol. The van der Waals surface area contributed by atoms with Crippen LogP contribution in [0.1, 0.15) is 15.9 Å². The summed E-state index contributed by atoms with van der Waals surface area (Å²) in [7, 11) is 0. The number of nitro benzene ring substituents is 1. The summed E-state index contributed by atoms with van der Waals surface area (Å²) >= 11 is 1.41. The maximum Gasteiger partial charge on any atom is 0.416 e. The van der Waals surface area contributed by atoms with Crippen LogP contribution in [0.25, 0.3) is 0 Å². The predicted octanol–water partition coefficient (Wildman–Crippen LogP) is 2.32. The van der Waals surface area contributed by atoms with Crippen LogP contribution in [0.5, 0.6) is 0 Å². The van der Waals surface area contributed by atoms with Crippen molar-refractivity contribution in [2.24, 2.45) is 5.73 Å². The van der Waals surface area contributed by atoms with Gasteiger partial charge in [-0.05, 0) is 28.7 Å². The highest BCUT2D eigenvalue weighted by Crippen LogP contribution is 2.35. The Bertz CT molecular complexity index is 466. The van der Waals surface area contributed by atoms with E-state index in [1.54, 1.807) is 0 Å². The molecule has 0 bridgehead atoms. The lowest BCUT2D eigenvalue weighted by Crippen LogP contribution is -2.16. The fourth-order valence-corrected chi connectivity index (χ4v) is 1.86. The van der Waals surface area contributed by atoms with Gasteiger partial charge in [0.15, 0.2) is 0 Å². The Morgan fingerprint density at radius 2 is 1.94 bits per heavy atom. The summed E-state index contributed by atoms with van der Waals surface area (Å²) in [6, 6.07) is 0.866. The minimum absolute atomic E-state index is 0.215. The smallest absolute Gasteiger partial charge is 0.366 e. The summed E-state index contributed by atoms with van der Waals surface area (Å²) in [4.78, 5) is 20.5. The van der Waals surface area contributed by atoms with Crippen molar-refractivity contribution in [3.05, 3.63) is 36.9 Å². The molecule has 1 rings (SSSR count). The molecule has 0 atom stereocenters. The molecule has 0 heterocycles. The molecule has 0 aliphatic carbocycles. The Balaban J connectivity index is 3.59. The maximum absolute atomic E-state index is 12.4. The zero-order chi connectivity index (χ0) is 13.4. The molecule has 2 N–H and O–H groups in total. The number of rotatable bonds is 2. The average Bonchev–Trinajstić information content (AvgIpc) is 2.14. The van der Waals surface area contributed by atoms with E-state index in [9.17, 15) is 28.1 Å². The van der Waals surface area contributed by atoms with Gasteiger partial charge in [0, 0.05) is 6.07 Å². The van der Waals surface area contributed by atoms with Crippen LogP contribution in [-0.4, -0.2) is 10.8 Å². The number of benzene rings is 1. The molecule has 92 valence electrons. The first kappa shape index (κ1) is 13.7. The van der Waals surface area contributed by atoms with Gasteiger partial charge in [-0.25, -0.2) is 0 Å². The molecule has 1 aromatic rings. The Morgan fingerprint density at radius 1 is 1.41 bits per heavy atom. The summed E-state index contributed by atoms with van der Waals surface area (Å²) in [6.45, 7) is 0. The molecule has 0 unspecified atom stereocenters. The number of amides is 1. The van der Waals surface area contributed by atoms with Crippen molar-refractivity contribution >= 4 is 34.2 Å². The minimum Gasteiger partial charge on any atom is -0.366 e. The van der Waals surface area contributed by atoms with Crippen LogP contribution in [0.2, 0.25) is 0 Å². The number of nitrogens with two attached hydrogens (primary N) is 1. The van der Waals surface area contributed by atoms with Crippen LogP contribution in [0.3, 0.4) is 0 Å². The third-order valence-corrected chi connectivity index (χ3v) is 2.98. The van der Waals surface area contributed by atoms with Crippen molar-refractivity contribution in [2.45, 2.75) is 6.18 Å². The first-order valence-electron chi connectivity index (χ1n) is 3.99. The van der Waals surface area contributed by atoms with Crippen molar-refractivity contribution in [2.75, 3.05) is 0 Å². The number of primary amides is 1. The van der Waals surface area contributed by atoms with E-state index in [1.165, 1.54) is 22.6 Å². The van der Waals surface area contributed by atoms with Crippen LogP contribution >= 0.6 is 22.6 Å². The van der Waals surface area contributed by atoms with E-state index in [0.717, 1.165) is 0 Å². The zero-order valence-electron chi connectivity index (χ0n) is 7.92. The van der Waals surface area contributed by atoms with Crippen molar-refractivity contribution in [1.29, 1.82) is 0 Å². The highest BCUT2D eigenvalue weighted by atomic mass is 127. The fraction of sp³-hybridized carbons (Fsp3) is 0.125. The van der Waals surface area contributed by atoms with Gasteiger partial charge in [-0.2, -0.15) is 13.2 Å². The molecule has 9 heteroatoms. The van der Waals surface area contributed by atoms with Gasteiger partial charge in [0.2, 0.25) is 5.91 Å². The van der Waals surface area contributed by atoms with E-state index in [0.29, 0.717) is 12.1 Å². The fourth-order valence-electron chi connectivity index (χ4n) is 1.08. The second-order valence-corrected chi connectivity index (χ2v) is 4.05. The van der Waals surface area contributed by atoms with E-state index >= 15 is 0 Å². The largest absolute Gasteiger partial charge is 0.416 e. The lowest BCUT2D eigenvalue weighted by atomic mass is 10.1. The molecule has 0 spiro atoms. The molecule has 0 saturated heterocycles. The first-order valence-corrected chi connectivity index (χ1v) is 5.07. The third-order valence-electron chi connectivity index (χ3n) is 1.84. The molecule has 1 amide bonds. The Kier molecular flexibility index (Phi) is 3.59. The molecular weight excluding hydrogens is 356 g/mol. The molecular formula is C8H4F3IN2O3. The third kappa shape index (κ3) is 2.84. The van der Waals surface area contributed by atoms with Crippen molar-refractivity contribution in [3.8, 4) is 0 Å². The molecule has 17 heavy (non-hydrogen) atoms. The molecule has 5 nitrogen and oxygen atoms in total. The van der Waals surface area contributed by atoms with Gasteiger partial charge in [-0.15, -0.1) is 0 Å². The highest BCUT2D eigenvalue weighted by Gasteiger charge is 2.34. The molecule has 0 aromatic heterocycles. The van der Waals surface area contributed by atoms with Crippen molar-refractivity contribution in [3.63, 3.8) is 0 Å². The molecule has 0 saturated carbocycles. The summed E-state index contributed by atoms with van der Waals surface area (Å²) in [5, 5.41) is 10.6. The van der Waals surface area contributed by atoms with Crippen molar-refractivity contribution in [1.82, 2.24) is 0 Å². The van der Waals surface area contributed by atoms with Crippen molar-refractivity contribution < 1.29 is 22.9 Å². The molecule has 0 aliphatic heterocycles.